The first-order chi connectivity index (χ1) is 8.65. The van der Waals surface area contributed by atoms with Crippen LogP contribution in [0.3, 0.4) is 0 Å². The fourth-order valence-electron chi connectivity index (χ4n) is 1.29. The molecule has 0 aromatic rings. The first kappa shape index (κ1) is 16.7. The number of carboxylic acid groups (broad SMARTS) is 1. The lowest BCUT2D eigenvalue weighted by Crippen LogP contribution is -2.53. The molecule has 9 heteroatoms. The molecule has 0 saturated heterocycles. The second kappa shape index (κ2) is 7.19. The van der Waals surface area contributed by atoms with Crippen molar-refractivity contribution >= 4 is 23.8 Å². The maximum atomic E-state index is 11.8. The predicted octanol–water partition coefficient (Wildman–Crippen LogP) is -1.78. The first-order valence-electron chi connectivity index (χ1n) is 5.51. The van der Waals surface area contributed by atoms with Crippen LogP contribution in [0.1, 0.15) is 20.3 Å². The number of nitrogens with one attached hydrogen (secondary N) is 1. The van der Waals surface area contributed by atoms with Crippen molar-refractivity contribution in [1.82, 2.24) is 10.2 Å². The molecule has 9 nitrogen and oxygen atoms in total. The monoisotopic (exact) mass is 274 g/mol. The van der Waals surface area contributed by atoms with Gasteiger partial charge in [-0.1, -0.05) is 0 Å². The number of urea groups is 1. The Labute approximate surface area is 109 Å². The number of rotatable bonds is 7. The van der Waals surface area contributed by atoms with E-state index in [1.165, 1.54) is 0 Å². The average molecular weight is 274 g/mol. The van der Waals surface area contributed by atoms with Gasteiger partial charge in [-0.2, -0.15) is 0 Å². The molecule has 4 amide bonds. The van der Waals surface area contributed by atoms with Gasteiger partial charge in [-0.25, -0.2) is 9.59 Å². The fourth-order valence-corrected chi connectivity index (χ4v) is 1.29. The van der Waals surface area contributed by atoms with E-state index in [4.69, 9.17) is 16.6 Å². The molecule has 108 valence electrons. The van der Waals surface area contributed by atoms with E-state index in [2.05, 4.69) is 5.32 Å². The second-order valence-electron chi connectivity index (χ2n) is 4.20. The molecule has 0 aromatic heterocycles. The number of hydrogen-bond acceptors (Lipinski definition) is 4. The summed E-state index contributed by atoms with van der Waals surface area (Å²) >= 11 is 0. The van der Waals surface area contributed by atoms with Gasteiger partial charge in [0.05, 0.1) is 6.42 Å². The maximum absolute atomic E-state index is 11.8. The van der Waals surface area contributed by atoms with Crippen LogP contribution in [0.15, 0.2) is 0 Å². The van der Waals surface area contributed by atoms with E-state index in [1.54, 1.807) is 13.8 Å². The van der Waals surface area contributed by atoms with Gasteiger partial charge in [-0.15, -0.1) is 0 Å². The van der Waals surface area contributed by atoms with Gasteiger partial charge in [-0.3, -0.25) is 9.59 Å². The summed E-state index contributed by atoms with van der Waals surface area (Å²) in [6.07, 6.45) is -0.538. The number of nitrogens with two attached hydrogens (primary N) is 2. The molecule has 0 aliphatic rings. The summed E-state index contributed by atoms with van der Waals surface area (Å²) in [5.74, 6) is -2.99. The van der Waals surface area contributed by atoms with Gasteiger partial charge in [0.15, 0.2) is 0 Å². The highest BCUT2D eigenvalue weighted by atomic mass is 16.4. The molecular weight excluding hydrogens is 256 g/mol. The molecule has 0 spiro atoms. The fraction of sp³-hybridized carbons (Fsp3) is 0.600. The Morgan fingerprint density at radius 3 is 2.00 bits per heavy atom. The highest BCUT2D eigenvalue weighted by Crippen LogP contribution is 2.01. The van der Waals surface area contributed by atoms with Crippen LogP contribution < -0.4 is 16.8 Å². The van der Waals surface area contributed by atoms with Gasteiger partial charge < -0.3 is 26.8 Å². The third kappa shape index (κ3) is 6.24. The Bertz CT molecular complexity index is 382. The van der Waals surface area contributed by atoms with E-state index in [0.29, 0.717) is 0 Å². The van der Waals surface area contributed by atoms with Gasteiger partial charge in [0.1, 0.15) is 12.6 Å². The minimum atomic E-state index is -1.45. The molecule has 0 saturated carbocycles. The number of carbonyl (C=O) groups excluding carboxylic acids is 3. The van der Waals surface area contributed by atoms with Crippen LogP contribution in [-0.4, -0.2) is 52.4 Å². The number of carbonyl (C=O) groups is 4. The van der Waals surface area contributed by atoms with E-state index < -0.39 is 36.3 Å². The van der Waals surface area contributed by atoms with E-state index in [1.807, 2.05) is 0 Å². The Hall–Kier alpha value is -2.32. The summed E-state index contributed by atoms with van der Waals surface area (Å²) < 4.78 is 0. The van der Waals surface area contributed by atoms with Crippen molar-refractivity contribution in [3.63, 3.8) is 0 Å². The van der Waals surface area contributed by atoms with Gasteiger partial charge in [0.25, 0.3) is 0 Å². The van der Waals surface area contributed by atoms with E-state index in [0.717, 1.165) is 4.90 Å². The SMILES string of the molecule is CC(C)N(CC(N)=O)C(=O)N[C@@H](CC(N)=O)C(=O)O. The van der Waals surface area contributed by atoms with Crippen LogP contribution in [0.5, 0.6) is 0 Å². The summed E-state index contributed by atoms with van der Waals surface area (Å²) in [5, 5.41) is 11.0. The molecule has 0 aliphatic heterocycles. The van der Waals surface area contributed by atoms with Gasteiger partial charge in [-0.05, 0) is 13.8 Å². The Balaban J connectivity index is 4.80. The first-order valence-corrected chi connectivity index (χ1v) is 5.51. The molecule has 1 atom stereocenters. The highest BCUT2D eigenvalue weighted by Gasteiger charge is 2.26. The molecule has 0 fully saturated rings. The number of carboxylic acids is 1. The molecule has 19 heavy (non-hydrogen) atoms. The molecular formula is C10H18N4O5. The molecule has 6 N–H and O–H groups in total. The maximum Gasteiger partial charge on any atom is 0.326 e. The number of amides is 4. The van der Waals surface area contributed by atoms with Crippen molar-refractivity contribution in [2.75, 3.05) is 6.54 Å². The predicted molar refractivity (Wildman–Crippen MR) is 64.8 cm³/mol. The van der Waals surface area contributed by atoms with E-state index in [-0.39, 0.29) is 12.6 Å². The quantitative estimate of drug-likeness (QED) is 0.431. The minimum absolute atomic E-state index is 0.355. The normalized spacial score (nSPS) is 11.7. The van der Waals surface area contributed by atoms with Gasteiger partial charge in [0, 0.05) is 6.04 Å². The smallest absolute Gasteiger partial charge is 0.326 e. The van der Waals surface area contributed by atoms with Crippen LogP contribution in [0.25, 0.3) is 0 Å². The Morgan fingerprint density at radius 2 is 1.68 bits per heavy atom. The number of nitrogens with zero attached hydrogens (tertiary/aromatic N) is 1. The Morgan fingerprint density at radius 1 is 1.16 bits per heavy atom. The van der Waals surface area contributed by atoms with Crippen molar-refractivity contribution in [2.24, 2.45) is 11.5 Å². The molecule has 0 heterocycles. The van der Waals surface area contributed by atoms with E-state index in [9.17, 15) is 19.2 Å². The van der Waals surface area contributed by atoms with Crippen molar-refractivity contribution < 1.29 is 24.3 Å². The lowest BCUT2D eigenvalue weighted by Gasteiger charge is -2.27. The van der Waals surface area contributed by atoms with Crippen molar-refractivity contribution in [3.05, 3.63) is 0 Å². The van der Waals surface area contributed by atoms with Gasteiger partial charge in [0.2, 0.25) is 11.8 Å². The molecule has 0 aromatic carbocycles. The van der Waals surface area contributed by atoms with E-state index >= 15 is 0 Å². The topological polar surface area (TPSA) is 156 Å². The minimum Gasteiger partial charge on any atom is -0.480 e. The van der Waals surface area contributed by atoms with Crippen LogP contribution >= 0.6 is 0 Å². The third-order valence-electron chi connectivity index (χ3n) is 2.21. The average Bonchev–Trinajstić information content (AvgIpc) is 2.23. The van der Waals surface area contributed by atoms with Crippen LogP contribution in [0.4, 0.5) is 4.79 Å². The summed E-state index contributed by atoms with van der Waals surface area (Å²) in [6.45, 7) is 2.91. The number of primary amides is 2. The van der Waals surface area contributed by atoms with Crippen LogP contribution in [0, 0.1) is 0 Å². The molecule has 0 radical (unpaired) electrons. The standard InChI is InChI=1S/C10H18N4O5/c1-5(2)14(4-8(12)16)10(19)13-6(9(17)18)3-7(11)15/h5-6H,3-4H2,1-2H3,(H2,11,15)(H2,12,16)(H,13,19)(H,17,18)/t6-/m0/s1. The van der Waals surface area contributed by atoms with Crippen molar-refractivity contribution in [3.8, 4) is 0 Å². The van der Waals surface area contributed by atoms with Crippen LogP contribution in [-0.2, 0) is 14.4 Å². The zero-order valence-electron chi connectivity index (χ0n) is 10.8. The van der Waals surface area contributed by atoms with Crippen molar-refractivity contribution in [1.29, 1.82) is 0 Å². The van der Waals surface area contributed by atoms with Crippen LogP contribution in [0.2, 0.25) is 0 Å². The molecule has 0 aliphatic carbocycles. The second-order valence-corrected chi connectivity index (χ2v) is 4.20. The number of hydrogen-bond donors (Lipinski definition) is 4. The highest BCUT2D eigenvalue weighted by molar-refractivity contribution is 5.89. The Kier molecular flexibility index (Phi) is 6.31. The zero-order chi connectivity index (χ0) is 15.2. The molecule has 0 unspecified atom stereocenters. The largest absolute Gasteiger partial charge is 0.480 e. The van der Waals surface area contributed by atoms with Gasteiger partial charge >= 0.3 is 12.0 Å². The number of aliphatic carboxylic acids is 1. The molecule has 0 rings (SSSR count). The summed E-state index contributed by atoms with van der Waals surface area (Å²) in [7, 11) is 0. The van der Waals surface area contributed by atoms with Crippen molar-refractivity contribution in [2.45, 2.75) is 32.4 Å². The summed E-state index contributed by atoms with van der Waals surface area (Å²) in [5.41, 5.74) is 9.87. The zero-order valence-corrected chi connectivity index (χ0v) is 10.8. The lowest BCUT2D eigenvalue weighted by atomic mass is 10.2. The lowest BCUT2D eigenvalue weighted by molar-refractivity contribution is -0.141. The summed E-state index contributed by atoms with van der Waals surface area (Å²) in [4.78, 5) is 45.2. The third-order valence-corrected chi connectivity index (χ3v) is 2.21. The molecule has 0 bridgehead atoms. The summed E-state index contributed by atoms with van der Waals surface area (Å²) in [6, 6.07) is -2.61.